The zero-order valence-corrected chi connectivity index (χ0v) is 16.0. The minimum atomic E-state index is 0.0484. The first-order valence-corrected chi connectivity index (χ1v) is 9.52. The number of nitrogens with zero attached hydrogens (tertiary/aromatic N) is 5. The molecule has 0 spiro atoms. The molecule has 3 heterocycles. The third-order valence-electron chi connectivity index (χ3n) is 5.46. The zero-order valence-electron chi connectivity index (χ0n) is 16.0. The lowest BCUT2D eigenvalue weighted by Crippen LogP contribution is -2.36. The van der Waals surface area contributed by atoms with E-state index in [4.69, 9.17) is 4.98 Å². The normalized spacial score (nSPS) is 15.5. The summed E-state index contributed by atoms with van der Waals surface area (Å²) in [6, 6.07) is 15.6. The Kier molecular flexibility index (Phi) is 3.69. The second-order valence-electron chi connectivity index (χ2n) is 8.20. The van der Waals surface area contributed by atoms with E-state index < -0.39 is 0 Å². The van der Waals surface area contributed by atoms with Gasteiger partial charge in [0.25, 0.3) is 5.56 Å². The van der Waals surface area contributed by atoms with Gasteiger partial charge in [0.15, 0.2) is 0 Å². The molecule has 2 aromatic heterocycles. The summed E-state index contributed by atoms with van der Waals surface area (Å²) >= 11 is 0. The van der Waals surface area contributed by atoms with Crippen LogP contribution in [0.2, 0.25) is 0 Å². The first-order chi connectivity index (χ1) is 13.5. The fourth-order valence-corrected chi connectivity index (χ4v) is 3.84. The molecule has 28 heavy (non-hydrogen) atoms. The van der Waals surface area contributed by atoms with Gasteiger partial charge in [0.05, 0.1) is 22.8 Å². The van der Waals surface area contributed by atoms with E-state index in [9.17, 15) is 4.79 Å². The average Bonchev–Trinajstić information content (AvgIpc) is 3.19. The van der Waals surface area contributed by atoms with E-state index in [2.05, 4.69) is 24.2 Å². The Hall–Kier alpha value is -3.28. The van der Waals surface area contributed by atoms with Crippen LogP contribution < -0.4 is 5.56 Å². The van der Waals surface area contributed by atoms with Gasteiger partial charge in [-0.1, -0.05) is 43.3 Å². The summed E-state index contributed by atoms with van der Waals surface area (Å²) in [7, 11) is 0. The molecule has 6 nitrogen and oxygen atoms in total. The second-order valence-corrected chi connectivity index (χ2v) is 8.20. The van der Waals surface area contributed by atoms with Crippen molar-refractivity contribution in [1.29, 1.82) is 0 Å². The number of rotatable bonds is 2. The number of aryl methyl sites for hydroxylation is 1. The molecule has 0 fully saturated rings. The van der Waals surface area contributed by atoms with Gasteiger partial charge in [-0.3, -0.25) is 9.36 Å². The predicted molar refractivity (Wildman–Crippen MR) is 108 cm³/mol. The molecule has 2 aromatic carbocycles. The van der Waals surface area contributed by atoms with Crippen molar-refractivity contribution in [2.45, 2.75) is 33.2 Å². The van der Waals surface area contributed by atoms with Gasteiger partial charge < -0.3 is 0 Å². The van der Waals surface area contributed by atoms with Crippen LogP contribution in [0.1, 0.15) is 26.1 Å². The summed E-state index contributed by atoms with van der Waals surface area (Å²) in [5.41, 5.74) is 3.52. The van der Waals surface area contributed by atoms with Gasteiger partial charge in [-0.15, -0.1) is 5.10 Å². The van der Waals surface area contributed by atoms with Gasteiger partial charge in [0.2, 0.25) is 0 Å². The number of fused-ring (bicyclic) bond motifs is 2. The number of para-hydroxylation sites is 1. The molecule has 0 radical (unpaired) electrons. The van der Waals surface area contributed by atoms with E-state index in [1.54, 1.807) is 4.68 Å². The van der Waals surface area contributed by atoms with Crippen LogP contribution in [0.5, 0.6) is 0 Å². The Balaban J connectivity index is 1.58. The van der Waals surface area contributed by atoms with Crippen molar-refractivity contribution in [2.75, 3.05) is 0 Å². The topological polar surface area (TPSA) is 65.6 Å². The molecule has 0 amide bonds. The van der Waals surface area contributed by atoms with Crippen molar-refractivity contribution in [3.05, 3.63) is 70.9 Å². The van der Waals surface area contributed by atoms with Crippen LogP contribution in [0.3, 0.4) is 0 Å². The van der Waals surface area contributed by atoms with Crippen molar-refractivity contribution < 1.29 is 0 Å². The summed E-state index contributed by atoms with van der Waals surface area (Å²) < 4.78 is 3.59. The van der Waals surface area contributed by atoms with Gasteiger partial charge in [-0.25, -0.2) is 9.67 Å². The maximum atomic E-state index is 13.0. The summed E-state index contributed by atoms with van der Waals surface area (Å²) in [6.07, 6.45) is 3.76. The quantitative estimate of drug-likeness (QED) is 0.540. The molecule has 0 saturated heterocycles. The zero-order chi connectivity index (χ0) is 19.3. The minimum Gasteiger partial charge on any atom is -0.296 e. The van der Waals surface area contributed by atoms with Crippen LogP contribution in [0.25, 0.3) is 27.8 Å². The molecular weight excluding hydrogens is 350 g/mol. The second kappa shape index (κ2) is 6.12. The van der Waals surface area contributed by atoms with Crippen LogP contribution in [0, 0.1) is 5.41 Å². The van der Waals surface area contributed by atoms with Crippen molar-refractivity contribution >= 4 is 10.9 Å². The van der Waals surface area contributed by atoms with Crippen LogP contribution >= 0.6 is 0 Å². The van der Waals surface area contributed by atoms with Crippen molar-refractivity contribution in [3.63, 3.8) is 0 Å². The molecule has 0 aliphatic carbocycles. The number of aromatic nitrogens is 5. The molecule has 140 valence electrons. The van der Waals surface area contributed by atoms with Gasteiger partial charge in [0.1, 0.15) is 11.5 Å². The van der Waals surface area contributed by atoms with Crippen molar-refractivity contribution in [1.82, 2.24) is 24.5 Å². The highest BCUT2D eigenvalue weighted by Gasteiger charge is 2.27. The SMILES string of the molecule is CC1(C)CCc2nc3cc(-c4cn(-c5ccccc5)nn4)ccc3c(=O)n2C1. The predicted octanol–water partition coefficient (Wildman–Crippen LogP) is 3.62. The summed E-state index contributed by atoms with van der Waals surface area (Å²) in [6.45, 7) is 5.12. The fourth-order valence-electron chi connectivity index (χ4n) is 3.84. The highest BCUT2D eigenvalue weighted by molar-refractivity contribution is 5.82. The van der Waals surface area contributed by atoms with Crippen LogP contribution in [-0.2, 0) is 13.0 Å². The maximum Gasteiger partial charge on any atom is 0.261 e. The van der Waals surface area contributed by atoms with E-state index in [1.165, 1.54) is 0 Å². The number of hydrogen-bond donors (Lipinski definition) is 0. The lowest BCUT2D eigenvalue weighted by atomic mass is 9.85. The lowest BCUT2D eigenvalue weighted by Gasteiger charge is -2.31. The third-order valence-corrected chi connectivity index (χ3v) is 5.46. The lowest BCUT2D eigenvalue weighted by molar-refractivity contribution is 0.240. The van der Waals surface area contributed by atoms with Crippen LogP contribution in [0.15, 0.2) is 59.5 Å². The smallest absolute Gasteiger partial charge is 0.261 e. The van der Waals surface area contributed by atoms with Crippen LogP contribution in [-0.4, -0.2) is 24.5 Å². The number of hydrogen-bond acceptors (Lipinski definition) is 4. The van der Waals surface area contributed by atoms with E-state index >= 15 is 0 Å². The Morgan fingerprint density at radius 2 is 1.89 bits per heavy atom. The summed E-state index contributed by atoms with van der Waals surface area (Å²) in [4.78, 5) is 17.8. The molecular formula is C22H21N5O. The van der Waals surface area contributed by atoms with Crippen molar-refractivity contribution in [2.24, 2.45) is 5.41 Å². The molecule has 6 heteroatoms. The molecule has 0 saturated carbocycles. The first-order valence-electron chi connectivity index (χ1n) is 9.52. The highest BCUT2D eigenvalue weighted by Crippen LogP contribution is 2.30. The Labute approximate surface area is 162 Å². The van der Waals surface area contributed by atoms with Gasteiger partial charge in [-0.2, -0.15) is 0 Å². The van der Waals surface area contributed by atoms with Gasteiger partial charge in [0, 0.05) is 18.5 Å². The van der Waals surface area contributed by atoms with E-state index in [1.807, 2.05) is 59.3 Å². The molecule has 4 aromatic rings. The summed E-state index contributed by atoms with van der Waals surface area (Å²) in [5, 5.41) is 9.18. The molecule has 0 unspecified atom stereocenters. The number of benzene rings is 2. The molecule has 0 bridgehead atoms. The largest absolute Gasteiger partial charge is 0.296 e. The minimum absolute atomic E-state index is 0.0484. The molecule has 1 aliphatic rings. The molecule has 0 N–H and O–H groups in total. The average molecular weight is 371 g/mol. The third kappa shape index (κ3) is 2.81. The molecule has 5 rings (SSSR count). The Morgan fingerprint density at radius 1 is 1.07 bits per heavy atom. The monoisotopic (exact) mass is 371 g/mol. The molecule has 0 atom stereocenters. The fraction of sp³-hybridized carbons (Fsp3) is 0.273. The Bertz CT molecular complexity index is 1240. The molecule has 1 aliphatic heterocycles. The summed E-state index contributed by atoms with van der Waals surface area (Å²) in [5.74, 6) is 0.877. The first kappa shape index (κ1) is 16.9. The highest BCUT2D eigenvalue weighted by atomic mass is 16.1. The van der Waals surface area contributed by atoms with Crippen LogP contribution in [0.4, 0.5) is 0 Å². The maximum absolute atomic E-state index is 13.0. The standard InChI is InChI=1S/C22H21N5O/c1-22(2)11-10-20-23-18-12-15(8-9-17(18)21(28)26(20)14-22)19-13-27(25-24-19)16-6-4-3-5-7-16/h3-9,12-13H,10-11,14H2,1-2H3. The van der Waals surface area contributed by atoms with Gasteiger partial charge >= 0.3 is 0 Å². The van der Waals surface area contributed by atoms with E-state index in [0.29, 0.717) is 5.39 Å². The van der Waals surface area contributed by atoms with E-state index in [-0.39, 0.29) is 11.0 Å². The van der Waals surface area contributed by atoms with Gasteiger partial charge in [-0.05, 0) is 36.1 Å². The Morgan fingerprint density at radius 3 is 2.71 bits per heavy atom. The van der Waals surface area contributed by atoms with E-state index in [0.717, 1.165) is 47.7 Å². The van der Waals surface area contributed by atoms with Crippen molar-refractivity contribution in [3.8, 4) is 16.9 Å².